The molecule has 1 aliphatic rings. The van der Waals surface area contributed by atoms with Crippen LogP contribution in [-0.2, 0) is 16.1 Å². The maximum Gasteiger partial charge on any atom is 0.414 e. The second-order valence-corrected chi connectivity index (χ2v) is 7.52. The van der Waals surface area contributed by atoms with Crippen LogP contribution in [0.2, 0.25) is 0 Å². The summed E-state index contributed by atoms with van der Waals surface area (Å²) in [5.74, 6) is -2.60. The Morgan fingerprint density at radius 3 is 2.09 bits per heavy atom. The van der Waals surface area contributed by atoms with Crippen LogP contribution in [0.4, 0.5) is 0 Å². The number of nitrogens with zero attached hydrogens (tertiary/aromatic N) is 2. The molecule has 1 amide bonds. The maximum absolute atomic E-state index is 13.1. The van der Waals surface area contributed by atoms with Gasteiger partial charge in [0.2, 0.25) is 0 Å². The van der Waals surface area contributed by atoms with Crippen molar-refractivity contribution in [2.45, 2.75) is 6.54 Å². The van der Waals surface area contributed by atoms with Gasteiger partial charge in [0, 0.05) is 43.9 Å². The van der Waals surface area contributed by atoms with Crippen molar-refractivity contribution in [3.8, 4) is 5.75 Å². The first-order valence-electron chi connectivity index (χ1n) is 10.5. The zero-order valence-electron chi connectivity index (χ0n) is 18.3. The number of carboxylic acid groups (broad SMARTS) is 2. The number of fused-ring (bicyclic) bond motifs is 1. The Balaban J connectivity index is 0.000000454. The molecule has 4 rings (SSSR count). The number of para-hydroxylation sites is 1. The molecular formula is C25H26N2O6. The third-order valence-corrected chi connectivity index (χ3v) is 5.45. The monoisotopic (exact) mass is 450 g/mol. The average Bonchev–Trinajstić information content (AvgIpc) is 2.84. The molecule has 3 aromatic carbocycles. The second-order valence-electron chi connectivity index (χ2n) is 7.52. The minimum atomic E-state index is -1.82. The molecule has 172 valence electrons. The highest BCUT2D eigenvalue weighted by atomic mass is 16.5. The van der Waals surface area contributed by atoms with Crippen molar-refractivity contribution in [3.05, 3.63) is 77.9 Å². The highest BCUT2D eigenvalue weighted by molar-refractivity contribution is 6.27. The Kier molecular flexibility index (Phi) is 7.99. The standard InChI is InChI=1S/C23H24N2O2.C2H2O4/c1-27-22-12-5-3-8-19(22)17-24-13-15-25(16-14-24)23(26)21-11-6-9-18-7-2-4-10-20(18)21;3-1(4)2(5)6/h2-12H,13-17H2,1H3;(H,3,4)(H,5,6). The van der Waals surface area contributed by atoms with Crippen LogP contribution >= 0.6 is 0 Å². The molecule has 0 saturated carbocycles. The zero-order valence-corrected chi connectivity index (χ0v) is 18.3. The van der Waals surface area contributed by atoms with Gasteiger partial charge < -0.3 is 19.8 Å². The van der Waals surface area contributed by atoms with Crippen LogP contribution in [0, 0.1) is 0 Å². The van der Waals surface area contributed by atoms with Crippen molar-refractivity contribution in [2.75, 3.05) is 33.3 Å². The van der Waals surface area contributed by atoms with Gasteiger partial charge in [0.25, 0.3) is 5.91 Å². The third kappa shape index (κ3) is 6.08. The summed E-state index contributed by atoms with van der Waals surface area (Å²) in [5.41, 5.74) is 1.99. The predicted octanol–water partition coefficient (Wildman–Crippen LogP) is 2.96. The summed E-state index contributed by atoms with van der Waals surface area (Å²) in [6.07, 6.45) is 0. The lowest BCUT2D eigenvalue weighted by atomic mass is 10.0. The fourth-order valence-corrected chi connectivity index (χ4v) is 3.77. The van der Waals surface area contributed by atoms with Gasteiger partial charge in [0.15, 0.2) is 0 Å². The van der Waals surface area contributed by atoms with Crippen molar-refractivity contribution >= 4 is 28.6 Å². The number of aliphatic carboxylic acids is 2. The average molecular weight is 450 g/mol. The topological polar surface area (TPSA) is 107 Å². The van der Waals surface area contributed by atoms with Gasteiger partial charge in [-0.1, -0.05) is 54.6 Å². The number of ether oxygens (including phenoxy) is 1. The van der Waals surface area contributed by atoms with E-state index in [1.165, 1.54) is 5.56 Å². The van der Waals surface area contributed by atoms with Crippen molar-refractivity contribution in [1.82, 2.24) is 9.80 Å². The molecule has 0 unspecified atom stereocenters. The van der Waals surface area contributed by atoms with Gasteiger partial charge in [-0.05, 0) is 22.9 Å². The van der Waals surface area contributed by atoms with Gasteiger partial charge in [-0.25, -0.2) is 9.59 Å². The molecule has 0 radical (unpaired) electrons. The second kappa shape index (κ2) is 11.1. The molecule has 1 fully saturated rings. The van der Waals surface area contributed by atoms with Crippen LogP contribution in [0.25, 0.3) is 10.8 Å². The number of benzene rings is 3. The molecule has 33 heavy (non-hydrogen) atoms. The third-order valence-electron chi connectivity index (χ3n) is 5.45. The first-order chi connectivity index (χ1) is 15.9. The minimum Gasteiger partial charge on any atom is -0.496 e. The van der Waals surface area contributed by atoms with Gasteiger partial charge in [0.05, 0.1) is 7.11 Å². The first-order valence-corrected chi connectivity index (χ1v) is 10.5. The maximum atomic E-state index is 13.1. The molecule has 2 N–H and O–H groups in total. The van der Waals surface area contributed by atoms with Crippen LogP contribution in [0.5, 0.6) is 5.75 Å². The Hall–Kier alpha value is -3.91. The lowest BCUT2D eigenvalue weighted by Crippen LogP contribution is -2.48. The highest BCUT2D eigenvalue weighted by Gasteiger charge is 2.23. The summed E-state index contributed by atoms with van der Waals surface area (Å²) in [7, 11) is 1.71. The molecule has 0 spiro atoms. The number of hydrogen-bond acceptors (Lipinski definition) is 5. The summed E-state index contributed by atoms with van der Waals surface area (Å²) < 4.78 is 5.45. The molecular weight excluding hydrogens is 424 g/mol. The molecule has 1 heterocycles. The summed E-state index contributed by atoms with van der Waals surface area (Å²) in [5, 5.41) is 16.9. The summed E-state index contributed by atoms with van der Waals surface area (Å²) in [6, 6.07) is 22.2. The van der Waals surface area contributed by atoms with Crippen LogP contribution < -0.4 is 4.74 Å². The number of amides is 1. The Morgan fingerprint density at radius 1 is 0.818 bits per heavy atom. The van der Waals surface area contributed by atoms with Gasteiger partial charge in [-0.2, -0.15) is 0 Å². The number of rotatable bonds is 4. The van der Waals surface area contributed by atoms with Gasteiger partial charge >= 0.3 is 11.9 Å². The Morgan fingerprint density at radius 2 is 1.42 bits per heavy atom. The number of methoxy groups -OCH3 is 1. The van der Waals surface area contributed by atoms with E-state index in [1.54, 1.807) is 7.11 Å². The summed E-state index contributed by atoms with van der Waals surface area (Å²) in [4.78, 5) is 35.6. The van der Waals surface area contributed by atoms with E-state index < -0.39 is 11.9 Å². The van der Waals surface area contributed by atoms with E-state index >= 15 is 0 Å². The minimum absolute atomic E-state index is 0.128. The van der Waals surface area contributed by atoms with E-state index in [-0.39, 0.29) is 5.91 Å². The molecule has 1 aliphatic heterocycles. The van der Waals surface area contributed by atoms with Gasteiger partial charge in [0.1, 0.15) is 5.75 Å². The molecule has 0 aliphatic carbocycles. The Bertz CT molecular complexity index is 1120. The molecule has 8 nitrogen and oxygen atoms in total. The van der Waals surface area contributed by atoms with Crippen molar-refractivity contribution in [2.24, 2.45) is 0 Å². The number of hydrogen-bond donors (Lipinski definition) is 2. The largest absolute Gasteiger partial charge is 0.496 e. The van der Waals surface area contributed by atoms with Crippen LogP contribution in [0.15, 0.2) is 66.7 Å². The number of carbonyl (C=O) groups is 3. The normalized spacial score (nSPS) is 13.7. The van der Waals surface area contributed by atoms with Crippen LogP contribution in [0.3, 0.4) is 0 Å². The smallest absolute Gasteiger partial charge is 0.414 e. The van der Waals surface area contributed by atoms with Crippen LogP contribution in [-0.4, -0.2) is 71.1 Å². The van der Waals surface area contributed by atoms with E-state index in [0.29, 0.717) is 0 Å². The first kappa shape index (κ1) is 23.7. The zero-order chi connectivity index (χ0) is 23.8. The summed E-state index contributed by atoms with van der Waals surface area (Å²) >= 11 is 0. The van der Waals surface area contributed by atoms with E-state index in [2.05, 4.69) is 23.1 Å². The SMILES string of the molecule is COc1ccccc1CN1CCN(C(=O)c2cccc3ccccc23)CC1.O=C(O)C(=O)O. The highest BCUT2D eigenvalue weighted by Crippen LogP contribution is 2.22. The van der Waals surface area contributed by atoms with E-state index in [0.717, 1.165) is 54.8 Å². The molecule has 8 heteroatoms. The molecule has 0 atom stereocenters. The van der Waals surface area contributed by atoms with E-state index in [9.17, 15) is 4.79 Å². The predicted molar refractivity (Wildman–Crippen MR) is 123 cm³/mol. The molecule has 0 bridgehead atoms. The Labute approximate surface area is 191 Å². The molecule has 1 saturated heterocycles. The van der Waals surface area contributed by atoms with E-state index in [4.69, 9.17) is 24.5 Å². The van der Waals surface area contributed by atoms with Crippen LogP contribution in [0.1, 0.15) is 15.9 Å². The fraction of sp³-hybridized carbons (Fsp3) is 0.240. The lowest BCUT2D eigenvalue weighted by Gasteiger charge is -2.35. The summed E-state index contributed by atoms with van der Waals surface area (Å²) in [6.45, 7) is 4.08. The van der Waals surface area contributed by atoms with E-state index in [1.807, 2.05) is 53.4 Å². The number of carboxylic acids is 2. The lowest BCUT2D eigenvalue weighted by molar-refractivity contribution is -0.159. The fourth-order valence-electron chi connectivity index (χ4n) is 3.77. The van der Waals surface area contributed by atoms with Crippen molar-refractivity contribution in [1.29, 1.82) is 0 Å². The molecule has 0 aromatic heterocycles. The number of piperazine rings is 1. The van der Waals surface area contributed by atoms with Crippen molar-refractivity contribution in [3.63, 3.8) is 0 Å². The number of carbonyl (C=O) groups excluding carboxylic acids is 1. The quantitative estimate of drug-likeness (QED) is 0.589. The van der Waals surface area contributed by atoms with Gasteiger partial charge in [-0.15, -0.1) is 0 Å². The van der Waals surface area contributed by atoms with Gasteiger partial charge in [-0.3, -0.25) is 9.69 Å². The molecule has 3 aromatic rings. The van der Waals surface area contributed by atoms with Crippen molar-refractivity contribution < 1.29 is 29.3 Å².